The fourth-order valence-electron chi connectivity index (χ4n) is 6.43. The van der Waals surface area contributed by atoms with Crippen molar-refractivity contribution in [2.75, 3.05) is 7.05 Å². The Morgan fingerprint density at radius 1 is 1.04 bits per heavy atom. The Morgan fingerprint density at radius 3 is 2.68 bits per heavy atom. The maximum absolute atomic E-state index is 12.4. The lowest BCUT2D eigenvalue weighted by Crippen LogP contribution is -2.44. The highest BCUT2D eigenvalue weighted by molar-refractivity contribution is 5.75. The molecule has 4 aliphatic rings. The van der Waals surface area contributed by atoms with E-state index in [1.807, 2.05) is 0 Å². The highest BCUT2D eigenvalue weighted by atomic mass is 16.6. The van der Waals surface area contributed by atoms with E-state index in [2.05, 4.69) is 37.9 Å². The number of allylic oxidation sites excluding steroid dienone is 1. The highest BCUT2D eigenvalue weighted by Crippen LogP contribution is 2.53. The topological polar surface area (TPSA) is 29.5 Å². The number of fused-ring (bicyclic) bond motifs is 2. The van der Waals surface area contributed by atoms with Crippen LogP contribution in [0.3, 0.4) is 0 Å². The molecule has 1 unspecified atom stereocenters. The monoisotopic (exact) mass is 345 g/mol. The van der Waals surface area contributed by atoms with Gasteiger partial charge in [0.05, 0.1) is 5.92 Å². The molecule has 0 aromatic carbocycles. The molecule has 2 saturated carbocycles. The molecule has 8 atom stereocenters. The predicted molar refractivity (Wildman–Crippen MR) is 100 cm³/mol. The van der Waals surface area contributed by atoms with Crippen molar-refractivity contribution >= 4 is 5.97 Å². The SMILES string of the molecule is C[C@@H]1OC(=O)[C@H]2C[C@H]3CCCC[C@@H]3[C@@H](/C=C/[C@H]3CCC[C@H](C)N3C)C12. The van der Waals surface area contributed by atoms with Crippen molar-refractivity contribution in [1.29, 1.82) is 0 Å². The quantitative estimate of drug-likeness (QED) is 0.548. The number of nitrogens with zero attached hydrogens (tertiary/aromatic N) is 1. The molecule has 25 heavy (non-hydrogen) atoms. The van der Waals surface area contributed by atoms with E-state index in [0.717, 1.165) is 18.3 Å². The minimum absolute atomic E-state index is 0.0864. The van der Waals surface area contributed by atoms with E-state index in [1.165, 1.54) is 44.9 Å². The van der Waals surface area contributed by atoms with Gasteiger partial charge in [-0.15, -0.1) is 0 Å². The van der Waals surface area contributed by atoms with Crippen LogP contribution in [0.5, 0.6) is 0 Å². The number of hydrogen-bond acceptors (Lipinski definition) is 3. The van der Waals surface area contributed by atoms with Gasteiger partial charge in [-0.05, 0) is 64.3 Å². The first kappa shape index (κ1) is 17.6. The summed E-state index contributed by atoms with van der Waals surface area (Å²) in [7, 11) is 2.27. The number of esters is 1. The van der Waals surface area contributed by atoms with Crippen LogP contribution in [0.4, 0.5) is 0 Å². The molecule has 140 valence electrons. The summed E-state index contributed by atoms with van der Waals surface area (Å²) < 4.78 is 5.69. The van der Waals surface area contributed by atoms with Crippen LogP contribution in [0.2, 0.25) is 0 Å². The second-order valence-corrected chi connectivity index (χ2v) is 9.24. The van der Waals surface area contributed by atoms with E-state index < -0.39 is 0 Å². The molecule has 0 aromatic rings. The van der Waals surface area contributed by atoms with Gasteiger partial charge in [0.15, 0.2) is 0 Å². The average Bonchev–Trinajstić information content (AvgIpc) is 2.89. The van der Waals surface area contributed by atoms with Crippen LogP contribution in [0, 0.1) is 29.6 Å². The molecule has 2 saturated heterocycles. The Balaban J connectivity index is 1.57. The smallest absolute Gasteiger partial charge is 0.309 e. The summed E-state index contributed by atoms with van der Waals surface area (Å²) >= 11 is 0. The van der Waals surface area contributed by atoms with Crippen LogP contribution >= 0.6 is 0 Å². The minimum atomic E-state index is 0.0864. The fourth-order valence-corrected chi connectivity index (χ4v) is 6.43. The summed E-state index contributed by atoms with van der Waals surface area (Å²) in [5, 5.41) is 0. The second kappa shape index (κ2) is 7.06. The van der Waals surface area contributed by atoms with Crippen LogP contribution in [-0.2, 0) is 9.53 Å². The Morgan fingerprint density at radius 2 is 1.84 bits per heavy atom. The molecule has 4 fully saturated rings. The molecule has 0 aromatic heterocycles. The van der Waals surface area contributed by atoms with Crippen molar-refractivity contribution < 1.29 is 9.53 Å². The Kier molecular flexibility index (Phi) is 4.96. The van der Waals surface area contributed by atoms with Gasteiger partial charge < -0.3 is 4.74 Å². The summed E-state index contributed by atoms with van der Waals surface area (Å²) in [6.45, 7) is 4.47. The van der Waals surface area contributed by atoms with Crippen LogP contribution in [-0.4, -0.2) is 36.1 Å². The van der Waals surface area contributed by atoms with E-state index >= 15 is 0 Å². The first-order valence-electron chi connectivity index (χ1n) is 10.7. The summed E-state index contributed by atoms with van der Waals surface area (Å²) in [5.74, 6) is 2.71. The lowest BCUT2D eigenvalue weighted by Gasteiger charge is -2.46. The van der Waals surface area contributed by atoms with Gasteiger partial charge in [0, 0.05) is 18.0 Å². The van der Waals surface area contributed by atoms with Crippen molar-refractivity contribution in [2.24, 2.45) is 29.6 Å². The molecule has 0 radical (unpaired) electrons. The van der Waals surface area contributed by atoms with E-state index in [9.17, 15) is 4.79 Å². The summed E-state index contributed by atoms with van der Waals surface area (Å²) in [6, 6.07) is 1.25. The van der Waals surface area contributed by atoms with E-state index in [0.29, 0.717) is 23.9 Å². The molecule has 4 rings (SSSR count). The summed E-state index contributed by atoms with van der Waals surface area (Å²) in [6.07, 6.45) is 15.5. The molecule has 2 aliphatic carbocycles. The van der Waals surface area contributed by atoms with Crippen molar-refractivity contribution in [3.05, 3.63) is 12.2 Å². The number of likely N-dealkylation sites (N-methyl/N-ethyl adjacent to an activating group) is 1. The third-order valence-corrected chi connectivity index (χ3v) is 7.97. The lowest BCUT2D eigenvalue weighted by atomic mass is 9.57. The molecule has 2 aliphatic heterocycles. The molecule has 0 spiro atoms. The first-order chi connectivity index (χ1) is 12.1. The minimum Gasteiger partial charge on any atom is -0.462 e. The van der Waals surface area contributed by atoms with Crippen molar-refractivity contribution in [1.82, 2.24) is 4.90 Å². The van der Waals surface area contributed by atoms with Crippen molar-refractivity contribution in [2.45, 2.75) is 83.4 Å². The zero-order valence-electron chi connectivity index (χ0n) is 16.2. The van der Waals surface area contributed by atoms with E-state index in [-0.39, 0.29) is 18.0 Å². The van der Waals surface area contributed by atoms with Crippen LogP contribution in [0.25, 0.3) is 0 Å². The fraction of sp³-hybridized carbons (Fsp3) is 0.864. The van der Waals surface area contributed by atoms with E-state index in [4.69, 9.17) is 4.74 Å². The molecular formula is C22H35NO2. The number of carbonyl (C=O) groups is 1. The van der Waals surface area contributed by atoms with Gasteiger partial charge in [-0.2, -0.15) is 0 Å². The van der Waals surface area contributed by atoms with Crippen molar-refractivity contribution in [3.8, 4) is 0 Å². The highest BCUT2D eigenvalue weighted by Gasteiger charge is 2.53. The third-order valence-electron chi connectivity index (χ3n) is 7.97. The molecule has 3 heteroatoms. The Bertz CT molecular complexity index is 530. The number of rotatable bonds is 2. The predicted octanol–water partition coefficient (Wildman–Crippen LogP) is 4.42. The van der Waals surface area contributed by atoms with Crippen molar-refractivity contribution in [3.63, 3.8) is 0 Å². The van der Waals surface area contributed by atoms with Gasteiger partial charge in [-0.3, -0.25) is 9.69 Å². The summed E-state index contributed by atoms with van der Waals surface area (Å²) in [5.41, 5.74) is 0. The lowest BCUT2D eigenvalue weighted by molar-refractivity contribution is -0.144. The van der Waals surface area contributed by atoms with E-state index in [1.54, 1.807) is 0 Å². The van der Waals surface area contributed by atoms with Gasteiger partial charge in [0.1, 0.15) is 6.10 Å². The zero-order chi connectivity index (χ0) is 17.6. The van der Waals surface area contributed by atoms with Gasteiger partial charge in [-0.1, -0.05) is 37.8 Å². The molecule has 3 nitrogen and oxygen atoms in total. The maximum Gasteiger partial charge on any atom is 0.309 e. The van der Waals surface area contributed by atoms with Gasteiger partial charge >= 0.3 is 5.97 Å². The maximum atomic E-state index is 12.4. The third kappa shape index (κ3) is 3.18. The average molecular weight is 346 g/mol. The first-order valence-corrected chi connectivity index (χ1v) is 10.7. The number of piperidine rings is 1. The molecule has 2 heterocycles. The molecular weight excluding hydrogens is 310 g/mol. The second-order valence-electron chi connectivity index (χ2n) is 9.24. The molecule has 0 bridgehead atoms. The van der Waals surface area contributed by atoms with Crippen LogP contribution in [0.1, 0.15) is 65.2 Å². The largest absolute Gasteiger partial charge is 0.462 e. The Hall–Kier alpha value is -0.830. The standard InChI is InChI=1S/C22H35NO2/c1-14-7-6-9-17(23(14)3)11-12-19-18-10-5-4-8-16(18)13-20-21(19)15(2)25-22(20)24/h11-12,14-21H,4-10,13H2,1-3H3/b12-11+/t14-,15-,16+,17+,18-,19+,20-,21?/m0/s1. The molecule has 0 N–H and O–H groups in total. The number of hydrogen-bond donors (Lipinski definition) is 0. The number of likely N-dealkylation sites (tertiary alicyclic amines) is 1. The van der Waals surface area contributed by atoms with Crippen LogP contribution < -0.4 is 0 Å². The van der Waals surface area contributed by atoms with Crippen LogP contribution in [0.15, 0.2) is 12.2 Å². The van der Waals surface area contributed by atoms with Gasteiger partial charge in [0.25, 0.3) is 0 Å². The number of carbonyl (C=O) groups excluding carboxylic acids is 1. The van der Waals surface area contributed by atoms with Gasteiger partial charge in [-0.25, -0.2) is 0 Å². The number of ether oxygens (including phenoxy) is 1. The number of cyclic esters (lactones) is 1. The summed E-state index contributed by atoms with van der Waals surface area (Å²) in [4.78, 5) is 14.9. The zero-order valence-corrected chi connectivity index (χ0v) is 16.2. The Labute approximate surface area is 153 Å². The van der Waals surface area contributed by atoms with Gasteiger partial charge in [0.2, 0.25) is 0 Å². The molecule has 0 amide bonds. The normalized spacial score (nSPS) is 48.2.